The average Bonchev–Trinajstić information content (AvgIpc) is 3.22. The standard InChI is InChI=1S/C22H28N4O3S/c1-28-18-7-6-17(25-10-12-29-13-11-25)20-19(18)23-21(30-20)24-22(27)26-9-8-15-4-2-3-5-16(15)14-26/h5-7,15H,2-4,8-14H2,1H3,(H,23,24,27). The maximum absolute atomic E-state index is 13.0. The van der Waals surface area contributed by atoms with Crippen LogP contribution in [0, 0.1) is 5.92 Å². The summed E-state index contributed by atoms with van der Waals surface area (Å²) in [4.78, 5) is 21.9. The van der Waals surface area contributed by atoms with Gasteiger partial charge in [-0.15, -0.1) is 0 Å². The van der Waals surface area contributed by atoms with Crippen LogP contribution < -0.4 is 15.0 Å². The number of carbonyl (C=O) groups is 1. The molecular formula is C22H28N4O3S. The molecule has 2 aromatic rings. The van der Waals surface area contributed by atoms with Crippen LogP contribution in [0.25, 0.3) is 10.2 Å². The zero-order valence-electron chi connectivity index (χ0n) is 17.4. The maximum atomic E-state index is 13.0. The third-order valence-electron chi connectivity index (χ3n) is 6.37. The van der Waals surface area contributed by atoms with Gasteiger partial charge in [0.25, 0.3) is 0 Å². The Balaban J connectivity index is 1.38. The SMILES string of the molecule is COc1ccc(N2CCOCC2)c2sc(NC(=O)N3CCC4CCCC=C4C3)nc12. The summed E-state index contributed by atoms with van der Waals surface area (Å²) in [5, 5.41) is 3.67. The topological polar surface area (TPSA) is 66.9 Å². The molecule has 1 N–H and O–H groups in total. The van der Waals surface area contributed by atoms with Crippen LogP contribution >= 0.6 is 11.3 Å². The van der Waals surface area contributed by atoms with Crippen LogP contribution in [-0.2, 0) is 4.74 Å². The van der Waals surface area contributed by atoms with Crippen LogP contribution in [0.5, 0.6) is 5.75 Å². The van der Waals surface area contributed by atoms with Crippen LogP contribution in [0.1, 0.15) is 25.7 Å². The number of rotatable bonds is 3. The van der Waals surface area contributed by atoms with Gasteiger partial charge >= 0.3 is 6.03 Å². The van der Waals surface area contributed by atoms with Gasteiger partial charge in [-0.1, -0.05) is 23.0 Å². The largest absolute Gasteiger partial charge is 0.494 e. The maximum Gasteiger partial charge on any atom is 0.323 e. The van der Waals surface area contributed by atoms with Gasteiger partial charge in [0.1, 0.15) is 11.3 Å². The number of nitrogens with zero attached hydrogens (tertiary/aromatic N) is 3. The molecule has 0 saturated carbocycles. The number of amides is 2. The quantitative estimate of drug-likeness (QED) is 0.746. The Bertz CT molecular complexity index is 967. The predicted octanol–water partition coefficient (Wildman–Crippen LogP) is 4.11. The van der Waals surface area contributed by atoms with Crippen LogP contribution in [-0.4, -0.2) is 62.4 Å². The summed E-state index contributed by atoms with van der Waals surface area (Å²) in [6.07, 6.45) is 7.09. The van der Waals surface area contributed by atoms with Crippen molar-refractivity contribution in [1.82, 2.24) is 9.88 Å². The molecule has 0 bridgehead atoms. The molecule has 1 unspecified atom stereocenters. The van der Waals surface area contributed by atoms with Crippen LogP contribution in [0.4, 0.5) is 15.6 Å². The molecule has 2 amide bonds. The second kappa shape index (κ2) is 8.43. The Morgan fingerprint density at radius 2 is 2.13 bits per heavy atom. The number of anilines is 2. The number of piperidine rings is 1. The minimum Gasteiger partial charge on any atom is -0.494 e. The molecule has 8 heteroatoms. The molecule has 160 valence electrons. The van der Waals surface area contributed by atoms with E-state index >= 15 is 0 Å². The Morgan fingerprint density at radius 1 is 1.27 bits per heavy atom. The van der Waals surface area contributed by atoms with E-state index in [1.165, 1.54) is 29.8 Å². The monoisotopic (exact) mass is 428 g/mol. The summed E-state index contributed by atoms with van der Waals surface area (Å²) in [6.45, 7) is 4.70. The number of thiazole rings is 1. The number of ether oxygens (including phenoxy) is 2. The number of urea groups is 1. The Labute approximate surface area is 180 Å². The van der Waals surface area contributed by atoms with Crippen molar-refractivity contribution in [2.45, 2.75) is 25.7 Å². The lowest BCUT2D eigenvalue weighted by Crippen LogP contribution is -2.42. The summed E-state index contributed by atoms with van der Waals surface area (Å²) >= 11 is 1.52. The fourth-order valence-corrected chi connectivity index (χ4v) is 5.74. The third-order valence-corrected chi connectivity index (χ3v) is 7.36. The molecule has 1 atom stereocenters. The molecule has 1 aromatic carbocycles. The molecular weight excluding hydrogens is 400 g/mol. The van der Waals surface area contributed by atoms with E-state index in [1.807, 2.05) is 11.0 Å². The van der Waals surface area contributed by atoms with Crippen molar-refractivity contribution in [2.24, 2.45) is 5.92 Å². The molecule has 3 aliphatic rings. The van der Waals surface area contributed by atoms with E-state index in [-0.39, 0.29) is 6.03 Å². The molecule has 3 heterocycles. The summed E-state index contributed by atoms with van der Waals surface area (Å²) < 4.78 is 12.1. The highest BCUT2D eigenvalue weighted by atomic mass is 32.1. The minimum absolute atomic E-state index is 0.0640. The second-order valence-electron chi connectivity index (χ2n) is 8.13. The minimum atomic E-state index is -0.0640. The number of likely N-dealkylation sites (tertiary alicyclic amines) is 1. The van der Waals surface area contributed by atoms with E-state index in [0.717, 1.165) is 73.9 Å². The average molecular weight is 429 g/mol. The van der Waals surface area contributed by atoms with Gasteiger partial charge < -0.3 is 19.3 Å². The number of morpholine rings is 1. The zero-order chi connectivity index (χ0) is 20.5. The third kappa shape index (κ3) is 3.74. The number of fused-ring (bicyclic) bond motifs is 2. The van der Waals surface area contributed by atoms with Crippen molar-refractivity contribution >= 4 is 38.4 Å². The smallest absolute Gasteiger partial charge is 0.323 e. The van der Waals surface area contributed by atoms with Gasteiger partial charge in [0.15, 0.2) is 5.13 Å². The molecule has 0 spiro atoms. The molecule has 7 nitrogen and oxygen atoms in total. The van der Waals surface area contributed by atoms with E-state index in [9.17, 15) is 4.79 Å². The Kier molecular flexibility index (Phi) is 5.52. The lowest BCUT2D eigenvalue weighted by molar-refractivity contribution is 0.123. The van der Waals surface area contributed by atoms with E-state index in [4.69, 9.17) is 14.5 Å². The van der Waals surface area contributed by atoms with Crippen LogP contribution in [0.3, 0.4) is 0 Å². The van der Waals surface area contributed by atoms with Gasteiger partial charge in [-0.25, -0.2) is 9.78 Å². The highest BCUT2D eigenvalue weighted by molar-refractivity contribution is 7.23. The van der Waals surface area contributed by atoms with E-state index in [2.05, 4.69) is 22.4 Å². The normalized spacial score (nSPS) is 21.9. The number of aromatic nitrogens is 1. The van der Waals surface area contributed by atoms with E-state index in [1.54, 1.807) is 7.11 Å². The van der Waals surface area contributed by atoms with Crippen LogP contribution in [0.2, 0.25) is 0 Å². The summed E-state index contributed by atoms with van der Waals surface area (Å²) in [5.74, 6) is 1.40. The number of allylic oxidation sites excluding steroid dienone is 1. The van der Waals surface area contributed by atoms with Crippen molar-refractivity contribution in [3.8, 4) is 5.75 Å². The lowest BCUT2D eigenvalue weighted by Gasteiger charge is -2.36. The molecule has 2 saturated heterocycles. The number of hydrogen-bond acceptors (Lipinski definition) is 6. The molecule has 1 aliphatic carbocycles. The van der Waals surface area contributed by atoms with Gasteiger partial charge in [-0.05, 0) is 43.7 Å². The number of hydrogen-bond donors (Lipinski definition) is 1. The Hall–Kier alpha value is -2.32. The van der Waals surface area contributed by atoms with Crippen LogP contribution in [0.15, 0.2) is 23.8 Å². The van der Waals surface area contributed by atoms with E-state index < -0.39 is 0 Å². The fourth-order valence-electron chi connectivity index (χ4n) is 4.72. The number of methoxy groups -OCH3 is 1. The Morgan fingerprint density at radius 3 is 2.97 bits per heavy atom. The molecule has 2 fully saturated rings. The van der Waals surface area contributed by atoms with Gasteiger partial charge in [0, 0.05) is 26.2 Å². The summed E-state index contributed by atoms with van der Waals surface area (Å²) in [7, 11) is 1.66. The first kappa shape index (κ1) is 19.6. The summed E-state index contributed by atoms with van der Waals surface area (Å²) in [5.41, 5.74) is 3.36. The van der Waals surface area contributed by atoms with Crippen molar-refractivity contribution in [3.05, 3.63) is 23.8 Å². The summed E-state index contributed by atoms with van der Waals surface area (Å²) in [6, 6.07) is 3.97. The number of nitrogens with one attached hydrogen (secondary N) is 1. The predicted molar refractivity (Wildman–Crippen MR) is 120 cm³/mol. The highest BCUT2D eigenvalue weighted by Gasteiger charge is 2.28. The number of benzene rings is 1. The van der Waals surface area contributed by atoms with Crippen molar-refractivity contribution in [2.75, 3.05) is 56.7 Å². The highest BCUT2D eigenvalue weighted by Crippen LogP contribution is 2.40. The molecule has 0 radical (unpaired) electrons. The second-order valence-corrected chi connectivity index (χ2v) is 9.13. The zero-order valence-corrected chi connectivity index (χ0v) is 18.2. The van der Waals surface area contributed by atoms with E-state index in [0.29, 0.717) is 11.0 Å². The molecule has 2 aliphatic heterocycles. The first-order chi connectivity index (χ1) is 14.7. The number of carbonyl (C=O) groups excluding carboxylic acids is 1. The lowest BCUT2D eigenvalue weighted by atomic mass is 9.83. The van der Waals surface area contributed by atoms with Crippen molar-refractivity contribution in [3.63, 3.8) is 0 Å². The van der Waals surface area contributed by atoms with Gasteiger partial charge in [-0.2, -0.15) is 0 Å². The molecule has 1 aromatic heterocycles. The first-order valence-corrected chi connectivity index (χ1v) is 11.6. The van der Waals surface area contributed by atoms with Crippen molar-refractivity contribution < 1.29 is 14.3 Å². The molecule has 5 rings (SSSR count). The molecule has 30 heavy (non-hydrogen) atoms. The fraction of sp³-hybridized carbons (Fsp3) is 0.545. The van der Waals surface area contributed by atoms with Crippen molar-refractivity contribution in [1.29, 1.82) is 0 Å². The van der Waals surface area contributed by atoms with Gasteiger partial charge in [-0.3, -0.25) is 5.32 Å². The first-order valence-electron chi connectivity index (χ1n) is 10.8. The van der Waals surface area contributed by atoms with Gasteiger partial charge in [0.2, 0.25) is 0 Å². The van der Waals surface area contributed by atoms with Gasteiger partial charge in [0.05, 0.1) is 30.7 Å².